The zero-order valence-electron chi connectivity index (χ0n) is 7.98. The second-order valence-corrected chi connectivity index (χ2v) is 3.80. The highest BCUT2D eigenvalue weighted by Gasteiger charge is 2.09. The number of aromatic nitrogens is 1. The normalized spacial score (nSPS) is 10.8. The first-order chi connectivity index (χ1) is 5.54. The molecule has 1 aromatic heterocycles. The van der Waals surface area contributed by atoms with Crippen LogP contribution in [0.25, 0.3) is 0 Å². The molecule has 0 radical (unpaired) electrons. The lowest BCUT2D eigenvalue weighted by Crippen LogP contribution is -1.97. The van der Waals surface area contributed by atoms with Crippen molar-refractivity contribution in [3.05, 3.63) is 28.0 Å². The first-order valence-electron chi connectivity index (χ1n) is 4.15. The molecule has 66 valence electrons. The van der Waals surface area contributed by atoms with Crippen LogP contribution in [-0.2, 0) is 0 Å². The average molecular weight is 184 g/mol. The molecule has 0 aliphatic rings. The Kier molecular flexibility index (Phi) is 2.73. The summed E-state index contributed by atoms with van der Waals surface area (Å²) < 4.78 is 0. The van der Waals surface area contributed by atoms with E-state index in [1.165, 1.54) is 0 Å². The van der Waals surface area contributed by atoms with E-state index in [0.29, 0.717) is 5.92 Å². The van der Waals surface area contributed by atoms with Crippen LogP contribution in [0.2, 0.25) is 5.02 Å². The van der Waals surface area contributed by atoms with Gasteiger partial charge in [0, 0.05) is 6.20 Å². The number of hydrogen-bond donors (Lipinski definition) is 0. The Morgan fingerprint density at radius 1 is 1.33 bits per heavy atom. The number of hydrogen-bond acceptors (Lipinski definition) is 1. The van der Waals surface area contributed by atoms with Crippen LogP contribution in [0.1, 0.15) is 36.6 Å². The summed E-state index contributed by atoms with van der Waals surface area (Å²) in [5.74, 6) is 0.400. The van der Waals surface area contributed by atoms with Gasteiger partial charge in [0.05, 0.1) is 10.7 Å². The maximum atomic E-state index is 6.13. The van der Waals surface area contributed by atoms with Gasteiger partial charge < -0.3 is 0 Å². The topological polar surface area (TPSA) is 12.9 Å². The summed E-state index contributed by atoms with van der Waals surface area (Å²) in [5.41, 5.74) is 3.31. The molecule has 12 heavy (non-hydrogen) atoms. The second-order valence-electron chi connectivity index (χ2n) is 3.42. The summed E-state index contributed by atoms with van der Waals surface area (Å²) in [6, 6.07) is 0. The van der Waals surface area contributed by atoms with E-state index >= 15 is 0 Å². The number of aryl methyl sites for hydroxylation is 1. The van der Waals surface area contributed by atoms with E-state index in [1.807, 2.05) is 20.0 Å². The fraction of sp³-hybridized carbons (Fsp3) is 0.500. The van der Waals surface area contributed by atoms with Crippen molar-refractivity contribution < 1.29 is 0 Å². The summed E-state index contributed by atoms with van der Waals surface area (Å²) in [5, 5.41) is 0.824. The van der Waals surface area contributed by atoms with Crippen molar-refractivity contribution >= 4 is 11.6 Å². The molecule has 0 bridgehead atoms. The maximum Gasteiger partial charge on any atom is 0.0655 e. The third-order valence-electron chi connectivity index (χ3n) is 2.09. The highest BCUT2D eigenvalue weighted by Crippen LogP contribution is 2.26. The van der Waals surface area contributed by atoms with Gasteiger partial charge in [-0.3, -0.25) is 4.98 Å². The Bertz CT molecular complexity index is 292. The number of pyridine rings is 1. The van der Waals surface area contributed by atoms with Gasteiger partial charge in [0.15, 0.2) is 0 Å². The van der Waals surface area contributed by atoms with E-state index in [2.05, 4.69) is 18.8 Å². The Labute approximate surface area is 78.8 Å². The SMILES string of the molecule is Cc1cnc(C(C)C)c(Cl)c1C. The third kappa shape index (κ3) is 1.61. The summed E-state index contributed by atoms with van der Waals surface area (Å²) in [6.07, 6.45) is 1.89. The molecule has 0 aliphatic heterocycles. The summed E-state index contributed by atoms with van der Waals surface area (Å²) in [7, 11) is 0. The third-order valence-corrected chi connectivity index (χ3v) is 2.57. The number of halogens is 1. The molecule has 0 aliphatic carbocycles. The minimum atomic E-state index is 0.400. The lowest BCUT2D eigenvalue weighted by atomic mass is 10.1. The van der Waals surface area contributed by atoms with Crippen LogP contribution in [0, 0.1) is 13.8 Å². The van der Waals surface area contributed by atoms with E-state index in [-0.39, 0.29) is 0 Å². The van der Waals surface area contributed by atoms with E-state index in [0.717, 1.165) is 21.8 Å². The van der Waals surface area contributed by atoms with Crippen molar-refractivity contribution in [1.82, 2.24) is 4.98 Å². The molecular formula is C10H14ClN. The molecule has 0 saturated carbocycles. The molecule has 1 nitrogen and oxygen atoms in total. The van der Waals surface area contributed by atoms with E-state index in [9.17, 15) is 0 Å². The van der Waals surface area contributed by atoms with Crippen LogP contribution in [0.3, 0.4) is 0 Å². The Morgan fingerprint density at radius 2 is 1.92 bits per heavy atom. The Hall–Kier alpha value is -0.560. The molecule has 1 heterocycles. The highest BCUT2D eigenvalue weighted by molar-refractivity contribution is 6.32. The largest absolute Gasteiger partial charge is 0.259 e. The lowest BCUT2D eigenvalue weighted by molar-refractivity contribution is 0.818. The van der Waals surface area contributed by atoms with Crippen molar-refractivity contribution in [1.29, 1.82) is 0 Å². The molecule has 0 atom stereocenters. The van der Waals surface area contributed by atoms with Crippen molar-refractivity contribution in [2.45, 2.75) is 33.6 Å². The van der Waals surface area contributed by atoms with Crippen LogP contribution < -0.4 is 0 Å². The van der Waals surface area contributed by atoms with E-state index in [1.54, 1.807) is 0 Å². The van der Waals surface area contributed by atoms with Crippen molar-refractivity contribution in [2.24, 2.45) is 0 Å². The van der Waals surface area contributed by atoms with Crippen LogP contribution in [0.15, 0.2) is 6.20 Å². The molecule has 0 spiro atoms. The fourth-order valence-electron chi connectivity index (χ4n) is 1.09. The molecule has 1 aromatic rings. The Balaban J connectivity index is 3.27. The van der Waals surface area contributed by atoms with Crippen LogP contribution in [0.5, 0.6) is 0 Å². The monoisotopic (exact) mass is 183 g/mol. The fourth-order valence-corrected chi connectivity index (χ4v) is 1.50. The van der Waals surface area contributed by atoms with Crippen molar-refractivity contribution in [2.75, 3.05) is 0 Å². The molecular weight excluding hydrogens is 170 g/mol. The minimum Gasteiger partial charge on any atom is -0.259 e. The van der Waals surface area contributed by atoms with Crippen molar-refractivity contribution in [3.8, 4) is 0 Å². The minimum absolute atomic E-state index is 0.400. The predicted octanol–water partition coefficient (Wildman–Crippen LogP) is 3.48. The quantitative estimate of drug-likeness (QED) is 0.650. The van der Waals surface area contributed by atoms with Gasteiger partial charge in [-0.15, -0.1) is 0 Å². The molecule has 0 fully saturated rings. The molecule has 1 rings (SSSR count). The first kappa shape index (κ1) is 9.53. The maximum absolute atomic E-state index is 6.13. The predicted molar refractivity (Wildman–Crippen MR) is 52.8 cm³/mol. The molecule has 0 N–H and O–H groups in total. The van der Waals surface area contributed by atoms with Crippen LogP contribution in [-0.4, -0.2) is 4.98 Å². The number of nitrogens with zero attached hydrogens (tertiary/aromatic N) is 1. The Morgan fingerprint density at radius 3 is 2.42 bits per heavy atom. The summed E-state index contributed by atoms with van der Waals surface area (Å²) in [4.78, 5) is 4.31. The van der Waals surface area contributed by atoms with Gasteiger partial charge >= 0.3 is 0 Å². The molecule has 0 amide bonds. The van der Waals surface area contributed by atoms with E-state index in [4.69, 9.17) is 11.6 Å². The molecule has 2 heteroatoms. The first-order valence-corrected chi connectivity index (χ1v) is 4.53. The van der Waals surface area contributed by atoms with Gasteiger partial charge in [-0.05, 0) is 30.9 Å². The standard InChI is InChI=1S/C10H14ClN/c1-6(2)10-9(11)8(4)7(3)5-12-10/h5-6H,1-4H3. The highest BCUT2D eigenvalue weighted by atomic mass is 35.5. The zero-order valence-corrected chi connectivity index (χ0v) is 8.74. The summed E-state index contributed by atoms with van der Waals surface area (Å²) >= 11 is 6.13. The van der Waals surface area contributed by atoms with E-state index < -0.39 is 0 Å². The van der Waals surface area contributed by atoms with Crippen LogP contribution >= 0.6 is 11.6 Å². The second kappa shape index (κ2) is 3.44. The number of rotatable bonds is 1. The van der Waals surface area contributed by atoms with Gasteiger partial charge in [0.2, 0.25) is 0 Å². The van der Waals surface area contributed by atoms with Gasteiger partial charge in [-0.25, -0.2) is 0 Å². The van der Waals surface area contributed by atoms with Crippen molar-refractivity contribution in [3.63, 3.8) is 0 Å². The molecule has 0 aromatic carbocycles. The summed E-state index contributed by atoms with van der Waals surface area (Å²) in [6.45, 7) is 8.26. The average Bonchev–Trinajstić information content (AvgIpc) is 2.00. The van der Waals surface area contributed by atoms with Gasteiger partial charge in [-0.2, -0.15) is 0 Å². The molecule has 0 unspecified atom stereocenters. The smallest absolute Gasteiger partial charge is 0.0655 e. The zero-order chi connectivity index (χ0) is 9.30. The lowest BCUT2D eigenvalue weighted by Gasteiger charge is -2.10. The van der Waals surface area contributed by atoms with Gasteiger partial charge in [0.1, 0.15) is 0 Å². The van der Waals surface area contributed by atoms with Gasteiger partial charge in [-0.1, -0.05) is 25.4 Å². The molecule has 0 saturated heterocycles. The van der Waals surface area contributed by atoms with Gasteiger partial charge in [0.25, 0.3) is 0 Å². The van der Waals surface area contributed by atoms with Crippen LogP contribution in [0.4, 0.5) is 0 Å².